The molecule has 0 saturated heterocycles. The van der Waals surface area contributed by atoms with Gasteiger partial charge >= 0.3 is 12.1 Å². The number of carbonyl (C=O) groups excluding carboxylic acids is 1. The van der Waals surface area contributed by atoms with Crippen molar-refractivity contribution in [2.24, 2.45) is 0 Å². The highest BCUT2D eigenvalue weighted by molar-refractivity contribution is 7.90. The normalized spacial score (nSPS) is 11.9. The smallest absolute Gasteiger partial charge is 0.435 e. The van der Waals surface area contributed by atoms with Crippen molar-refractivity contribution in [3.05, 3.63) is 60.3 Å². The fraction of sp³-hybridized carbons (Fsp3) is 0.238. The maximum absolute atomic E-state index is 13.3. The zero-order chi connectivity index (χ0) is 23.5. The summed E-state index contributed by atoms with van der Waals surface area (Å²) >= 11 is 0. The molecule has 0 N–H and O–H groups in total. The Morgan fingerprint density at radius 1 is 1.06 bits per heavy atom. The summed E-state index contributed by atoms with van der Waals surface area (Å²) in [6, 6.07) is 12.3. The first-order valence-corrected chi connectivity index (χ1v) is 11.2. The van der Waals surface area contributed by atoms with E-state index in [1.165, 1.54) is 48.5 Å². The Balaban J connectivity index is 1.95. The highest BCUT2D eigenvalue weighted by Crippen LogP contribution is 2.33. The average molecular weight is 468 g/mol. The quantitative estimate of drug-likeness (QED) is 0.489. The summed E-state index contributed by atoms with van der Waals surface area (Å²) in [6.07, 6.45) is -3.63. The number of sulfone groups is 1. The second kappa shape index (κ2) is 9.03. The Kier molecular flexibility index (Phi) is 6.58. The molecule has 0 aliphatic rings. The van der Waals surface area contributed by atoms with Crippen LogP contribution in [0.1, 0.15) is 12.6 Å². The molecule has 0 fully saturated rings. The van der Waals surface area contributed by atoms with E-state index in [-0.39, 0.29) is 23.8 Å². The van der Waals surface area contributed by atoms with Gasteiger partial charge in [-0.05, 0) is 49.4 Å². The number of alkyl halides is 3. The van der Waals surface area contributed by atoms with Crippen molar-refractivity contribution >= 4 is 15.8 Å². The fourth-order valence-electron chi connectivity index (χ4n) is 2.82. The van der Waals surface area contributed by atoms with Crippen LogP contribution in [-0.4, -0.2) is 43.6 Å². The lowest BCUT2D eigenvalue weighted by Gasteiger charge is -2.10. The molecule has 0 radical (unpaired) electrons. The van der Waals surface area contributed by atoms with Gasteiger partial charge < -0.3 is 9.47 Å². The van der Waals surface area contributed by atoms with Gasteiger partial charge in [0, 0.05) is 11.8 Å². The van der Waals surface area contributed by atoms with Crippen molar-refractivity contribution in [1.29, 1.82) is 0 Å². The van der Waals surface area contributed by atoms with Gasteiger partial charge in [-0.1, -0.05) is 12.1 Å². The van der Waals surface area contributed by atoms with Gasteiger partial charge in [-0.25, -0.2) is 17.9 Å². The van der Waals surface area contributed by atoms with Crippen LogP contribution >= 0.6 is 0 Å². The van der Waals surface area contributed by atoms with Gasteiger partial charge in [0.15, 0.2) is 22.1 Å². The molecule has 170 valence electrons. The summed E-state index contributed by atoms with van der Waals surface area (Å²) in [5, 5.41) is 3.69. The van der Waals surface area contributed by atoms with E-state index < -0.39 is 27.7 Å². The minimum Gasteiger partial charge on any atom is -0.482 e. The van der Waals surface area contributed by atoms with Gasteiger partial charge in [-0.15, -0.1) is 0 Å². The summed E-state index contributed by atoms with van der Waals surface area (Å²) < 4.78 is 74.4. The number of rotatable bonds is 7. The number of carbonyl (C=O) groups is 1. The standard InChI is InChI=1S/C21H19F3N2O5S/c1-3-30-20(27)13-31-16-8-6-15(7-9-16)26-18(12-19(25-26)21(22,23)24)14-4-10-17(11-5-14)32(2,28)29/h4-12H,3,13H2,1-2H3. The van der Waals surface area contributed by atoms with E-state index in [2.05, 4.69) is 5.10 Å². The second-order valence-corrected chi connectivity index (χ2v) is 8.72. The van der Waals surface area contributed by atoms with Crippen LogP contribution in [0.25, 0.3) is 16.9 Å². The lowest BCUT2D eigenvalue weighted by Crippen LogP contribution is -2.14. The third kappa shape index (κ3) is 5.47. The summed E-state index contributed by atoms with van der Waals surface area (Å²) in [5.74, 6) is -0.220. The summed E-state index contributed by atoms with van der Waals surface area (Å²) in [6.45, 7) is 1.58. The number of halogens is 3. The summed E-state index contributed by atoms with van der Waals surface area (Å²) in [5.41, 5.74) is -0.311. The molecule has 3 aromatic rings. The molecule has 0 atom stereocenters. The van der Waals surface area contributed by atoms with E-state index in [1.54, 1.807) is 6.92 Å². The molecule has 0 saturated carbocycles. The number of hydrogen-bond donors (Lipinski definition) is 0. The minimum absolute atomic E-state index is 0.0476. The van der Waals surface area contributed by atoms with E-state index in [4.69, 9.17) is 9.47 Å². The number of esters is 1. The number of hydrogen-bond acceptors (Lipinski definition) is 6. The van der Waals surface area contributed by atoms with E-state index in [9.17, 15) is 26.4 Å². The van der Waals surface area contributed by atoms with Crippen LogP contribution in [0.3, 0.4) is 0 Å². The third-order valence-electron chi connectivity index (χ3n) is 4.32. The van der Waals surface area contributed by atoms with Crippen LogP contribution < -0.4 is 4.74 Å². The molecule has 0 bridgehead atoms. The molecule has 0 unspecified atom stereocenters. The first-order chi connectivity index (χ1) is 15.0. The number of benzene rings is 2. The van der Waals surface area contributed by atoms with Gasteiger partial charge in [-0.2, -0.15) is 18.3 Å². The van der Waals surface area contributed by atoms with Crippen LogP contribution in [-0.2, 0) is 25.5 Å². The van der Waals surface area contributed by atoms with Gasteiger partial charge in [0.2, 0.25) is 0 Å². The lowest BCUT2D eigenvalue weighted by atomic mass is 10.1. The molecule has 32 heavy (non-hydrogen) atoms. The van der Waals surface area contributed by atoms with Gasteiger partial charge in [0.1, 0.15) is 5.75 Å². The topological polar surface area (TPSA) is 87.5 Å². The molecule has 2 aromatic carbocycles. The zero-order valence-electron chi connectivity index (χ0n) is 17.1. The highest BCUT2D eigenvalue weighted by Gasteiger charge is 2.35. The molecule has 0 aliphatic carbocycles. The van der Waals surface area contributed by atoms with Crippen molar-refractivity contribution in [2.45, 2.75) is 18.0 Å². The van der Waals surface area contributed by atoms with Crippen molar-refractivity contribution in [3.63, 3.8) is 0 Å². The monoisotopic (exact) mass is 468 g/mol. The average Bonchev–Trinajstić information content (AvgIpc) is 3.18. The molecule has 0 amide bonds. The van der Waals surface area contributed by atoms with Crippen LogP contribution in [0.2, 0.25) is 0 Å². The lowest BCUT2D eigenvalue weighted by molar-refractivity contribution is -0.145. The van der Waals surface area contributed by atoms with E-state index in [1.807, 2.05) is 0 Å². The van der Waals surface area contributed by atoms with Crippen LogP contribution in [0.15, 0.2) is 59.5 Å². The Morgan fingerprint density at radius 2 is 1.69 bits per heavy atom. The van der Waals surface area contributed by atoms with Crippen molar-refractivity contribution in [3.8, 4) is 22.7 Å². The van der Waals surface area contributed by atoms with E-state index in [0.29, 0.717) is 17.0 Å². The molecule has 1 heterocycles. The SMILES string of the molecule is CCOC(=O)COc1ccc(-n2nc(C(F)(F)F)cc2-c2ccc(S(C)(=O)=O)cc2)cc1. The third-order valence-corrected chi connectivity index (χ3v) is 5.45. The molecule has 0 aliphatic heterocycles. The Hall–Kier alpha value is -3.34. The molecule has 1 aromatic heterocycles. The first-order valence-electron chi connectivity index (χ1n) is 9.35. The second-order valence-electron chi connectivity index (χ2n) is 6.71. The van der Waals surface area contributed by atoms with Crippen molar-refractivity contribution in [2.75, 3.05) is 19.5 Å². The van der Waals surface area contributed by atoms with E-state index >= 15 is 0 Å². The summed E-state index contributed by atoms with van der Waals surface area (Å²) in [4.78, 5) is 11.4. The summed E-state index contributed by atoms with van der Waals surface area (Å²) in [7, 11) is -3.45. The van der Waals surface area contributed by atoms with Crippen molar-refractivity contribution < 1.29 is 35.9 Å². The first kappa shape index (κ1) is 23.3. The maximum Gasteiger partial charge on any atom is 0.435 e. The Labute approximate surface area is 182 Å². The molecule has 0 spiro atoms. The fourth-order valence-corrected chi connectivity index (χ4v) is 3.45. The highest BCUT2D eigenvalue weighted by atomic mass is 32.2. The molecule has 3 rings (SSSR count). The zero-order valence-corrected chi connectivity index (χ0v) is 17.9. The minimum atomic E-state index is -4.67. The predicted molar refractivity (Wildman–Crippen MR) is 109 cm³/mol. The van der Waals surface area contributed by atoms with Gasteiger partial charge in [-0.3, -0.25) is 0 Å². The largest absolute Gasteiger partial charge is 0.482 e. The van der Waals surface area contributed by atoms with Gasteiger partial charge in [0.05, 0.1) is 22.9 Å². The van der Waals surface area contributed by atoms with Crippen LogP contribution in [0.5, 0.6) is 5.75 Å². The van der Waals surface area contributed by atoms with Gasteiger partial charge in [0.25, 0.3) is 0 Å². The van der Waals surface area contributed by atoms with Crippen molar-refractivity contribution in [1.82, 2.24) is 9.78 Å². The maximum atomic E-state index is 13.3. The van der Waals surface area contributed by atoms with Crippen LogP contribution in [0, 0.1) is 0 Å². The molecule has 11 heteroatoms. The predicted octanol–water partition coefficient (Wildman–Crippen LogP) is 3.90. The molecular formula is C21H19F3N2O5S. The van der Waals surface area contributed by atoms with E-state index in [0.717, 1.165) is 17.0 Å². The van der Waals surface area contributed by atoms with Crippen LogP contribution in [0.4, 0.5) is 13.2 Å². The Morgan fingerprint density at radius 3 is 2.22 bits per heavy atom. The number of nitrogens with zero attached hydrogens (tertiary/aromatic N) is 2. The Bertz CT molecular complexity index is 1200. The number of ether oxygens (including phenoxy) is 2. The molecular weight excluding hydrogens is 449 g/mol. The molecule has 7 nitrogen and oxygen atoms in total. The number of aromatic nitrogens is 2.